The summed E-state index contributed by atoms with van der Waals surface area (Å²) in [6, 6.07) is 10.4. The number of hydrogen-bond acceptors (Lipinski definition) is 5. The summed E-state index contributed by atoms with van der Waals surface area (Å²) in [4.78, 5) is 25.5. The van der Waals surface area contributed by atoms with E-state index in [0.29, 0.717) is 5.75 Å². The molecule has 1 saturated heterocycles. The van der Waals surface area contributed by atoms with Gasteiger partial charge in [0.25, 0.3) is 0 Å². The van der Waals surface area contributed by atoms with E-state index in [-0.39, 0.29) is 5.91 Å². The van der Waals surface area contributed by atoms with E-state index < -0.39 is 0 Å². The van der Waals surface area contributed by atoms with Crippen LogP contribution in [-0.4, -0.2) is 57.3 Å². The molecular weight excluding hydrogens is 382 g/mol. The van der Waals surface area contributed by atoms with Gasteiger partial charge >= 0.3 is 0 Å². The monoisotopic (exact) mass is 407 g/mol. The van der Waals surface area contributed by atoms with E-state index in [0.717, 1.165) is 42.7 Å². The summed E-state index contributed by atoms with van der Waals surface area (Å²) in [5.74, 6) is 0.567. The molecule has 1 aromatic carbocycles. The summed E-state index contributed by atoms with van der Waals surface area (Å²) in [6.07, 6.45) is 7.37. The lowest BCUT2D eigenvalue weighted by atomic mass is 10.1. The zero-order valence-electron chi connectivity index (χ0n) is 16.8. The number of pyridine rings is 1. The van der Waals surface area contributed by atoms with Crippen molar-refractivity contribution in [3.63, 3.8) is 0 Å². The molecule has 0 aliphatic carbocycles. The molecular formula is C22H25N5OS. The number of carbonyl (C=O) groups is 1. The molecule has 7 heteroatoms. The predicted octanol–water partition coefficient (Wildman–Crippen LogP) is 3.33. The first-order valence-corrected chi connectivity index (χ1v) is 10.8. The Balaban J connectivity index is 1.35. The third-order valence-corrected chi connectivity index (χ3v) is 6.17. The van der Waals surface area contributed by atoms with Crippen molar-refractivity contribution in [2.75, 3.05) is 36.8 Å². The fourth-order valence-electron chi connectivity index (χ4n) is 3.55. The summed E-state index contributed by atoms with van der Waals surface area (Å²) >= 11 is 1.50. The highest BCUT2D eigenvalue weighted by Gasteiger charge is 2.22. The second-order valence-electron chi connectivity index (χ2n) is 7.23. The Morgan fingerprint density at radius 1 is 1.03 bits per heavy atom. The average Bonchev–Trinajstić information content (AvgIpc) is 3.23. The highest BCUT2D eigenvalue weighted by molar-refractivity contribution is 7.99. The third kappa shape index (κ3) is 4.45. The van der Waals surface area contributed by atoms with Crippen LogP contribution in [0.3, 0.4) is 0 Å². The molecule has 0 unspecified atom stereocenters. The second kappa shape index (κ2) is 8.69. The van der Waals surface area contributed by atoms with Crippen LogP contribution in [0.25, 0.3) is 5.69 Å². The van der Waals surface area contributed by atoms with Gasteiger partial charge in [-0.25, -0.2) is 4.98 Å². The molecule has 0 bridgehead atoms. The summed E-state index contributed by atoms with van der Waals surface area (Å²) < 4.78 is 2.07. The van der Waals surface area contributed by atoms with Crippen LogP contribution in [0, 0.1) is 13.8 Å². The quantitative estimate of drug-likeness (QED) is 0.608. The molecule has 0 saturated carbocycles. The maximum atomic E-state index is 12.7. The third-order valence-electron chi connectivity index (χ3n) is 5.22. The van der Waals surface area contributed by atoms with Crippen LogP contribution in [-0.2, 0) is 4.79 Å². The first-order valence-electron chi connectivity index (χ1n) is 9.78. The Bertz CT molecular complexity index is 980. The van der Waals surface area contributed by atoms with Crippen LogP contribution in [0.4, 0.5) is 5.69 Å². The number of amides is 1. The fourth-order valence-corrected chi connectivity index (χ4v) is 4.41. The molecule has 1 amide bonds. The van der Waals surface area contributed by atoms with E-state index in [1.54, 1.807) is 6.20 Å². The first kappa shape index (κ1) is 19.5. The molecule has 3 aromatic rings. The maximum absolute atomic E-state index is 12.7. The fraction of sp³-hybridized carbons (Fsp3) is 0.318. The molecule has 2 aromatic heterocycles. The number of aromatic nitrogens is 3. The minimum atomic E-state index is 0.167. The number of hydrogen-bond donors (Lipinski definition) is 0. The minimum Gasteiger partial charge on any atom is -0.368 e. The van der Waals surface area contributed by atoms with Crippen molar-refractivity contribution in [2.45, 2.75) is 19.0 Å². The number of nitrogens with zero attached hydrogens (tertiary/aromatic N) is 5. The smallest absolute Gasteiger partial charge is 0.233 e. The molecule has 0 atom stereocenters. The van der Waals surface area contributed by atoms with Crippen molar-refractivity contribution >= 4 is 23.4 Å². The van der Waals surface area contributed by atoms with Crippen molar-refractivity contribution in [1.29, 1.82) is 0 Å². The standard InChI is InChI=1S/C22H25N5OS/c1-17-3-4-18(2)20(15-17)27-10-9-24-22(27)29-16-21(28)26-13-11-25(12-14-26)19-5-7-23-8-6-19/h3-10,15H,11-14,16H2,1-2H3. The molecule has 1 aliphatic heterocycles. The van der Waals surface area contributed by atoms with Gasteiger partial charge in [-0.05, 0) is 43.2 Å². The Morgan fingerprint density at radius 3 is 2.55 bits per heavy atom. The summed E-state index contributed by atoms with van der Waals surface area (Å²) in [7, 11) is 0. The van der Waals surface area contributed by atoms with E-state index in [1.807, 2.05) is 35.6 Å². The van der Waals surface area contributed by atoms with E-state index in [4.69, 9.17) is 0 Å². The topological polar surface area (TPSA) is 54.3 Å². The van der Waals surface area contributed by atoms with Crippen molar-refractivity contribution in [3.8, 4) is 5.69 Å². The number of imidazole rings is 1. The number of aryl methyl sites for hydroxylation is 2. The molecule has 0 radical (unpaired) electrons. The Labute approximate surface area is 175 Å². The van der Waals surface area contributed by atoms with E-state index in [1.165, 1.54) is 22.9 Å². The summed E-state index contributed by atoms with van der Waals surface area (Å²) in [6.45, 7) is 7.35. The van der Waals surface area contributed by atoms with Crippen LogP contribution < -0.4 is 4.90 Å². The van der Waals surface area contributed by atoms with Crippen molar-refractivity contribution < 1.29 is 4.79 Å². The van der Waals surface area contributed by atoms with Gasteiger partial charge in [-0.1, -0.05) is 23.9 Å². The van der Waals surface area contributed by atoms with Gasteiger partial charge in [-0.2, -0.15) is 0 Å². The van der Waals surface area contributed by atoms with Gasteiger partial charge in [0.2, 0.25) is 5.91 Å². The van der Waals surface area contributed by atoms with Gasteiger partial charge in [0.05, 0.1) is 11.4 Å². The van der Waals surface area contributed by atoms with Gasteiger partial charge in [-0.15, -0.1) is 0 Å². The van der Waals surface area contributed by atoms with Gasteiger partial charge in [0, 0.05) is 56.7 Å². The predicted molar refractivity (Wildman–Crippen MR) is 117 cm³/mol. The Kier molecular flexibility index (Phi) is 5.85. The first-order chi connectivity index (χ1) is 14.1. The minimum absolute atomic E-state index is 0.167. The van der Waals surface area contributed by atoms with E-state index in [9.17, 15) is 4.79 Å². The van der Waals surface area contributed by atoms with Crippen LogP contribution in [0.5, 0.6) is 0 Å². The molecule has 1 aliphatic rings. The number of piperazine rings is 1. The van der Waals surface area contributed by atoms with Gasteiger partial charge in [0.15, 0.2) is 5.16 Å². The van der Waals surface area contributed by atoms with Crippen molar-refractivity contribution in [3.05, 3.63) is 66.2 Å². The second-order valence-corrected chi connectivity index (χ2v) is 8.17. The largest absolute Gasteiger partial charge is 0.368 e. The Hall–Kier alpha value is -2.80. The molecule has 6 nitrogen and oxygen atoms in total. The molecule has 4 rings (SSSR count). The molecule has 0 N–H and O–H groups in total. The normalized spacial score (nSPS) is 14.3. The number of carbonyl (C=O) groups excluding carboxylic acids is 1. The molecule has 1 fully saturated rings. The van der Waals surface area contributed by atoms with Crippen LogP contribution in [0.15, 0.2) is 60.3 Å². The molecule has 3 heterocycles. The zero-order chi connectivity index (χ0) is 20.2. The molecule has 0 spiro atoms. The number of rotatable bonds is 5. The molecule has 29 heavy (non-hydrogen) atoms. The SMILES string of the molecule is Cc1ccc(C)c(-n2ccnc2SCC(=O)N2CCN(c3ccncc3)CC2)c1. The number of anilines is 1. The lowest BCUT2D eigenvalue weighted by Crippen LogP contribution is -2.49. The highest BCUT2D eigenvalue weighted by Crippen LogP contribution is 2.24. The highest BCUT2D eigenvalue weighted by atomic mass is 32.2. The average molecular weight is 408 g/mol. The summed E-state index contributed by atoms with van der Waals surface area (Å²) in [5.41, 5.74) is 4.67. The lowest BCUT2D eigenvalue weighted by Gasteiger charge is -2.36. The van der Waals surface area contributed by atoms with E-state index >= 15 is 0 Å². The van der Waals surface area contributed by atoms with Crippen LogP contribution in [0.1, 0.15) is 11.1 Å². The Morgan fingerprint density at radius 2 is 1.79 bits per heavy atom. The number of thioether (sulfide) groups is 1. The zero-order valence-corrected chi connectivity index (χ0v) is 17.6. The number of benzene rings is 1. The van der Waals surface area contributed by atoms with Crippen molar-refractivity contribution in [1.82, 2.24) is 19.4 Å². The van der Waals surface area contributed by atoms with Gasteiger partial charge in [0.1, 0.15) is 0 Å². The van der Waals surface area contributed by atoms with Gasteiger partial charge in [-0.3, -0.25) is 14.3 Å². The van der Waals surface area contributed by atoms with E-state index in [2.05, 4.69) is 51.5 Å². The van der Waals surface area contributed by atoms with Crippen LogP contribution in [0.2, 0.25) is 0 Å². The van der Waals surface area contributed by atoms with Crippen LogP contribution >= 0.6 is 11.8 Å². The maximum Gasteiger partial charge on any atom is 0.233 e. The van der Waals surface area contributed by atoms with Crippen molar-refractivity contribution in [2.24, 2.45) is 0 Å². The van der Waals surface area contributed by atoms with Gasteiger partial charge < -0.3 is 9.80 Å². The summed E-state index contributed by atoms with van der Waals surface area (Å²) in [5, 5.41) is 0.850. The molecule has 150 valence electrons. The lowest BCUT2D eigenvalue weighted by molar-refractivity contribution is -0.128.